The fourth-order valence-electron chi connectivity index (χ4n) is 1.65. The highest BCUT2D eigenvalue weighted by atomic mass is 32.1. The molecule has 3 heteroatoms. The van der Waals surface area contributed by atoms with E-state index < -0.39 is 0 Å². The van der Waals surface area contributed by atoms with Crippen molar-refractivity contribution in [2.75, 3.05) is 0 Å². The molecule has 0 atom stereocenters. The molecule has 0 unspecified atom stereocenters. The number of aryl methyl sites for hydroxylation is 2. The van der Waals surface area contributed by atoms with E-state index in [1.165, 1.54) is 29.7 Å². The molecule has 0 amide bonds. The number of thiophene rings is 1. The van der Waals surface area contributed by atoms with Crippen LogP contribution in [0.25, 0.3) is 0 Å². The SMILES string of the molecule is NC(=S)Cc1cc2c(s1)CCC2. The fourth-order valence-corrected chi connectivity index (χ4v) is 3.18. The minimum absolute atomic E-state index is 0.606. The van der Waals surface area contributed by atoms with Gasteiger partial charge >= 0.3 is 0 Å². The number of hydrogen-bond donors (Lipinski definition) is 1. The first-order valence-corrected chi connectivity index (χ1v) is 5.37. The summed E-state index contributed by atoms with van der Waals surface area (Å²) in [7, 11) is 0. The average Bonchev–Trinajstić information content (AvgIpc) is 2.43. The zero-order valence-electron chi connectivity index (χ0n) is 6.80. The summed E-state index contributed by atoms with van der Waals surface area (Å²) in [6.07, 6.45) is 4.63. The Morgan fingerprint density at radius 3 is 3.08 bits per heavy atom. The summed E-state index contributed by atoms with van der Waals surface area (Å²) >= 11 is 6.75. The second-order valence-corrected chi connectivity index (χ2v) is 4.90. The van der Waals surface area contributed by atoms with Crippen molar-refractivity contribution < 1.29 is 0 Å². The highest BCUT2D eigenvalue weighted by Gasteiger charge is 2.14. The van der Waals surface area contributed by atoms with E-state index in [9.17, 15) is 0 Å². The lowest BCUT2D eigenvalue weighted by Crippen LogP contribution is -2.09. The monoisotopic (exact) mass is 197 g/mol. The maximum absolute atomic E-state index is 5.48. The second-order valence-electron chi connectivity index (χ2n) is 3.16. The molecule has 0 aromatic carbocycles. The molecule has 1 aromatic heterocycles. The summed E-state index contributed by atoms with van der Waals surface area (Å²) in [6.45, 7) is 0. The number of rotatable bonds is 2. The van der Waals surface area contributed by atoms with Crippen molar-refractivity contribution in [3.63, 3.8) is 0 Å². The van der Waals surface area contributed by atoms with E-state index in [0.717, 1.165) is 6.42 Å². The molecule has 0 bridgehead atoms. The van der Waals surface area contributed by atoms with Crippen LogP contribution in [0.1, 0.15) is 21.7 Å². The third kappa shape index (κ3) is 1.52. The Labute approximate surface area is 81.6 Å². The highest BCUT2D eigenvalue weighted by molar-refractivity contribution is 7.80. The molecule has 0 spiro atoms. The first-order valence-electron chi connectivity index (χ1n) is 4.14. The smallest absolute Gasteiger partial charge is 0.0780 e. The topological polar surface area (TPSA) is 26.0 Å². The van der Waals surface area contributed by atoms with Gasteiger partial charge in [-0.2, -0.15) is 0 Å². The molecule has 0 saturated heterocycles. The van der Waals surface area contributed by atoms with Crippen LogP contribution in [0.4, 0.5) is 0 Å². The van der Waals surface area contributed by atoms with Crippen molar-refractivity contribution in [2.24, 2.45) is 5.73 Å². The summed E-state index contributed by atoms with van der Waals surface area (Å²) < 4.78 is 0. The van der Waals surface area contributed by atoms with Gasteiger partial charge < -0.3 is 5.73 Å². The van der Waals surface area contributed by atoms with E-state index in [0.29, 0.717) is 4.99 Å². The predicted molar refractivity (Wildman–Crippen MR) is 56.8 cm³/mol. The quantitative estimate of drug-likeness (QED) is 0.734. The van der Waals surface area contributed by atoms with Gasteiger partial charge in [-0.25, -0.2) is 0 Å². The Morgan fingerprint density at radius 1 is 1.58 bits per heavy atom. The summed E-state index contributed by atoms with van der Waals surface area (Å²) in [5.41, 5.74) is 7.01. The highest BCUT2D eigenvalue weighted by Crippen LogP contribution is 2.30. The fraction of sp³-hybridized carbons (Fsp3) is 0.444. The van der Waals surface area contributed by atoms with Crippen molar-refractivity contribution in [3.05, 3.63) is 21.4 Å². The summed E-state index contributed by atoms with van der Waals surface area (Å²) in [6, 6.07) is 2.27. The van der Waals surface area contributed by atoms with Crippen molar-refractivity contribution in [2.45, 2.75) is 25.7 Å². The standard InChI is InChI=1S/C9H11NS2/c10-9(11)5-7-4-6-2-1-3-8(6)12-7/h4H,1-3,5H2,(H2,10,11). The van der Waals surface area contributed by atoms with Gasteiger partial charge in [0.2, 0.25) is 0 Å². The molecule has 1 aromatic rings. The first kappa shape index (κ1) is 8.20. The van der Waals surface area contributed by atoms with Gasteiger partial charge in [-0.15, -0.1) is 11.3 Å². The van der Waals surface area contributed by atoms with E-state index >= 15 is 0 Å². The van der Waals surface area contributed by atoms with Crippen LogP contribution in [-0.2, 0) is 19.3 Å². The molecular formula is C9H11NS2. The first-order chi connectivity index (χ1) is 5.75. The van der Waals surface area contributed by atoms with E-state index in [1.807, 2.05) is 11.3 Å². The number of hydrogen-bond acceptors (Lipinski definition) is 2. The van der Waals surface area contributed by atoms with Gasteiger partial charge in [-0.3, -0.25) is 0 Å². The minimum atomic E-state index is 0.606. The number of thiocarbonyl (C=S) groups is 1. The van der Waals surface area contributed by atoms with Crippen LogP contribution < -0.4 is 5.73 Å². The summed E-state index contributed by atoms with van der Waals surface area (Å²) in [5, 5.41) is 0. The Balaban J connectivity index is 2.20. The zero-order valence-corrected chi connectivity index (χ0v) is 8.43. The molecular weight excluding hydrogens is 186 g/mol. The van der Waals surface area contributed by atoms with Gasteiger partial charge in [0.25, 0.3) is 0 Å². The van der Waals surface area contributed by atoms with Crippen molar-refractivity contribution in [1.29, 1.82) is 0 Å². The molecule has 0 radical (unpaired) electrons. The van der Waals surface area contributed by atoms with Crippen LogP contribution in [0.5, 0.6) is 0 Å². The van der Waals surface area contributed by atoms with Crippen LogP contribution in [0.2, 0.25) is 0 Å². The number of nitrogens with two attached hydrogens (primary N) is 1. The van der Waals surface area contributed by atoms with Gasteiger partial charge in [0.05, 0.1) is 4.99 Å². The van der Waals surface area contributed by atoms with Crippen molar-refractivity contribution in [1.82, 2.24) is 0 Å². The van der Waals surface area contributed by atoms with E-state index in [-0.39, 0.29) is 0 Å². The Morgan fingerprint density at radius 2 is 2.42 bits per heavy atom. The van der Waals surface area contributed by atoms with Crippen LogP contribution in [0.3, 0.4) is 0 Å². The Bertz CT molecular complexity index is 293. The van der Waals surface area contributed by atoms with Gasteiger partial charge in [-0.05, 0) is 30.9 Å². The second kappa shape index (κ2) is 3.15. The summed E-state index contributed by atoms with van der Waals surface area (Å²) in [4.78, 5) is 3.50. The Hall–Kier alpha value is -0.410. The third-order valence-electron chi connectivity index (χ3n) is 2.15. The van der Waals surface area contributed by atoms with Gasteiger partial charge in [0.1, 0.15) is 0 Å². The molecule has 0 aliphatic heterocycles. The average molecular weight is 197 g/mol. The third-order valence-corrected chi connectivity index (χ3v) is 3.53. The molecule has 1 nitrogen and oxygen atoms in total. The van der Waals surface area contributed by atoms with Crippen LogP contribution in [-0.4, -0.2) is 4.99 Å². The number of fused-ring (bicyclic) bond motifs is 1. The zero-order chi connectivity index (χ0) is 8.55. The molecule has 12 heavy (non-hydrogen) atoms. The maximum Gasteiger partial charge on any atom is 0.0780 e. The molecule has 2 rings (SSSR count). The van der Waals surface area contributed by atoms with Crippen LogP contribution in [0, 0.1) is 0 Å². The maximum atomic E-state index is 5.48. The van der Waals surface area contributed by atoms with Crippen molar-refractivity contribution >= 4 is 28.5 Å². The van der Waals surface area contributed by atoms with Crippen LogP contribution in [0.15, 0.2) is 6.07 Å². The van der Waals surface area contributed by atoms with Gasteiger partial charge in [0, 0.05) is 16.2 Å². The van der Waals surface area contributed by atoms with Crippen molar-refractivity contribution in [3.8, 4) is 0 Å². The predicted octanol–water partition coefficient (Wildman–Crippen LogP) is 2.07. The minimum Gasteiger partial charge on any atom is -0.393 e. The lowest BCUT2D eigenvalue weighted by molar-refractivity contribution is 0.914. The van der Waals surface area contributed by atoms with Gasteiger partial charge in [-0.1, -0.05) is 12.2 Å². The molecule has 1 aliphatic carbocycles. The lowest BCUT2D eigenvalue weighted by atomic mass is 10.2. The molecule has 64 valence electrons. The van der Waals surface area contributed by atoms with E-state index in [4.69, 9.17) is 18.0 Å². The van der Waals surface area contributed by atoms with Gasteiger partial charge in [0.15, 0.2) is 0 Å². The normalized spacial score (nSPS) is 14.7. The molecule has 1 aliphatic rings. The lowest BCUT2D eigenvalue weighted by Gasteiger charge is -1.92. The largest absolute Gasteiger partial charge is 0.393 e. The van der Waals surface area contributed by atoms with Crippen LogP contribution >= 0.6 is 23.6 Å². The Kier molecular flexibility index (Phi) is 2.15. The van der Waals surface area contributed by atoms with E-state index in [1.54, 1.807) is 4.88 Å². The molecule has 2 N–H and O–H groups in total. The van der Waals surface area contributed by atoms with E-state index in [2.05, 4.69) is 6.07 Å². The molecule has 1 heterocycles. The summed E-state index contributed by atoms with van der Waals surface area (Å²) in [5.74, 6) is 0. The molecule has 0 fully saturated rings. The molecule has 0 saturated carbocycles.